The van der Waals surface area contributed by atoms with Crippen LogP contribution in [0.15, 0.2) is 36.4 Å². The van der Waals surface area contributed by atoms with E-state index >= 15 is 0 Å². The zero-order chi connectivity index (χ0) is 18.5. The largest absolute Gasteiger partial charge is 0.493 e. The van der Waals surface area contributed by atoms with E-state index in [2.05, 4.69) is 5.32 Å². The van der Waals surface area contributed by atoms with Gasteiger partial charge in [-0.05, 0) is 25.0 Å². The number of methoxy groups -OCH3 is 1. The quantitative estimate of drug-likeness (QED) is 0.449. The predicted octanol–water partition coefficient (Wildman–Crippen LogP) is 1.14. The fourth-order valence-corrected chi connectivity index (χ4v) is 3.31. The summed E-state index contributed by atoms with van der Waals surface area (Å²) in [7, 11) is 1.56. The van der Waals surface area contributed by atoms with Crippen molar-refractivity contribution < 1.29 is 23.9 Å². The number of nitrogens with zero attached hydrogens (tertiary/aromatic N) is 1. The second kappa shape index (κ2) is 8.03. The van der Waals surface area contributed by atoms with Crippen molar-refractivity contribution in [1.82, 2.24) is 10.2 Å². The van der Waals surface area contributed by atoms with Crippen molar-refractivity contribution in [2.75, 3.05) is 26.8 Å². The summed E-state index contributed by atoms with van der Waals surface area (Å²) in [5, 5.41) is 2.67. The van der Waals surface area contributed by atoms with Crippen molar-refractivity contribution in [2.45, 2.75) is 12.8 Å². The standard InChI is InChI=1S/C19H22N2O5/c1-25-15-8-4-5-9-16(15)26-11-10-20-17(22)12-21-18(23)13-6-2-3-7-14(13)19(21)24/h2-5,8-9,13-14H,6-7,10-12H2,1H3,(H,20,22)/t13-,14+. The Labute approximate surface area is 151 Å². The van der Waals surface area contributed by atoms with Gasteiger partial charge in [-0.1, -0.05) is 24.3 Å². The summed E-state index contributed by atoms with van der Waals surface area (Å²) in [6.07, 6.45) is 4.98. The number of hydrogen-bond donors (Lipinski definition) is 1. The lowest BCUT2D eigenvalue weighted by Crippen LogP contribution is -2.42. The fourth-order valence-electron chi connectivity index (χ4n) is 3.31. The van der Waals surface area contributed by atoms with Crippen molar-refractivity contribution in [2.24, 2.45) is 11.8 Å². The lowest BCUT2D eigenvalue weighted by molar-refractivity contribution is -0.143. The highest BCUT2D eigenvalue weighted by atomic mass is 16.5. The van der Waals surface area contributed by atoms with Crippen molar-refractivity contribution >= 4 is 17.7 Å². The van der Waals surface area contributed by atoms with Gasteiger partial charge < -0.3 is 14.8 Å². The molecule has 2 atom stereocenters. The van der Waals surface area contributed by atoms with E-state index in [0.717, 1.165) is 4.90 Å². The second-order valence-corrected chi connectivity index (χ2v) is 6.27. The molecule has 1 fully saturated rings. The molecule has 0 saturated carbocycles. The molecule has 1 N–H and O–H groups in total. The van der Waals surface area contributed by atoms with Crippen molar-refractivity contribution in [3.63, 3.8) is 0 Å². The maximum Gasteiger partial charge on any atom is 0.240 e. The molecule has 1 aliphatic heterocycles. The monoisotopic (exact) mass is 358 g/mol. The van der Waals surface area contributed by atoms with Crippen molar-refractivity contribution in [1.29, 1.82) is 0 Å². The summed E-state index contributed by atoms with van der Waals surface area (Å²) in [4.78, 5) is 37.8. The van der Waals surface area contributed by atoms with Crippen LogP contribution in [0.5, 0.6) is 11.5 Å². The van der Waals surface area contributed by atoms with Gasteiger partial charge in [0.15, 0.2) is 11.5 Å². The lowest BCUT2D eigenvalue weighted by Gasteiger charge is -2.15. The van der Waals surface area contributed by atoms with Crippen LogP contribution in [-0.2, 0) is 14.4 Å². The van der Waals surface area contributed by atoms with E-state index in [1.165, 1.54) is 0 Å². The number of carbonyl (C=O) groups excluding carboxylic acids is 3. The van der Waals surface area contributed by atoms with Gasteiger partial charge in [0.2, 0.25) is 17.7 Å². The van der Waals surface area contributed by atoms with E-state index in [0.29, 0.717) is 24.3 Å². The number of imide groups is 1. The Hall–Kier alpha value is -2.83. The lowest BCUT2D eigenvalue weighted by atomic mass is 9.85. The van der Waals surface area contributed by atoms with Crippen LogP contribution in [0.25, 0.3) is 0 Å². The highest BCUT2D eigenvalue weighted by Gasteiger charge is 2.47. The summed E-state index contributed by atoms with van der Waals surface area (Å²) < 4.78 is 10.8. The third-order valence-corrected chi connectivity index (χ3v) is 4.65. The zero-order valence-electron chi connectivity index (χ0n) is 14.6. The van der Waals surface area contributed by atoms with Gasteiger partial charge >= 0.3 is 0 Å². The number of para-hydroxylation sites is 2. The molecule has 0 bridgehead atoms. The predicted molar refractivity (Wildman–Crippen MR) is 93.6 cm³/mol. The smallest absolute Gasteiger partial charge is 0.240 e. The number of allylic oxidation sites excluding steroid dienone is 2. The maximum atomic E-state index is 12.3. The highest BCUT2D eigenvalue weighted by molar-refractivity contribution is 6.07. The molecule has 1 heterocycles. The van der Waals surface area contributed by atoms with Gasteiger partial charge in [0.25, 0.3) is 0 Å². The van der Waals surface area contributed by atoms with E-state index in [4.69, 9.17) is 9.47 Å². The summed E-state index contributed by atoms with van der Waals surface area (Å²) in [6.45, 7) is 0.282. The Morgan fingerprint density at radius 3 is 2.35 bits per heavy atom. The molecule has 1 aromatic rings. The Morgan fingerprint density at radius 1 is 1.12 bits per heavy atom. The number of benzene rings is 1. The van der Waals surface area contributed by atoms with E-state index in [-0.39, 0.29) is 49.3 Å². The zero-order valence-corrected chi connectivity index (χ0v) is 14.6. The number of nitrogens with one attached hydrogen (secondary N) is 1. The number of carbonyl (C=O) groups is 3. The number of rotatable bonds is 7. The first-order valence-electron chi connectivity index (χ1n) is 8.64. The van der Waals surface area contributed by atoms with Crippen molar-refractivity contribution in [3.05, 3.63) is 36.4 Å². The Morgan fingerprint density at radius 2 is 1.73 bits per heavy atom. The van der Waals surface area contributed by atoms with Gasteiger partial charge in [-0.3, -0.25) is 19.3 Å². The molecule has 0 spiro atoms. The molecule has 2 aliphatic rings. The van der Waals surface area contributed by atoms with Gasteiger partial charge in [0.05, 0.1) is 25.5 Å². The van der Waals surface area contributed by atoms with Crippen LogP contribution in [0.2, 0.25) is 0 Å². The minimum Gasteiger partial charge on any atom is -0.493 e. The molecule has 26 heavy (non-hydrogen) atoms. The molecule has 3 amide bonds. The molecule has 0 aromatic heterocycles. The first kappa shape index (κ1) is 18.0. The van der Waals surface area contributed by atoms with E-state index in [1.54, 1.807) is 19.2 Å². The highest BCUT2D eigenvalue weighted by Crippen LogP contribution is 2.34. The van der Waals surface area contributed by atoms with Gasteiger partial charge in [-0.15, -0.1) is 0 Å². The molecule has 3 rings (SSSR count). The minimum absolute atomic E-state index is 0.237. The van der Waals surface area contributed by atoms with Crippen LogP contribution in [-0.4, -0.2) is 49.4 Å². The first-order chi connectivity index (χ1) is 12.6. The second-order valence-electron chi connectivity index (χ2n) is 6.27. The van der Waals surface area contributed by atoms with Crippen molar-refractivity contribution in [3.8, 4) is 11.5 Å². The van der Waals surface area contributed by atoms with Crippen LogP contribution in [0.4, 0.5) is 0 Å². The average molecular weight is 358 g/mol. The average Bonchev–Trinajstić information content (AvgIpc) is 2.91. The van der Waals surface area contributed by atoms with Crippen LogP contribution < -0.4 is 14.8 Å². The van der Waals surface area contributed by atoms with E-state index < -0.39 is 0 Å². The Bertz CT molecular complexity index is 704. The van der Waals surface area contributed by atoms with Crippen LogP contribution in [0, 0.1) is 11.8 Å². The number of likely N-dealkylation sites (tertiary alicyclic amines) is 1. The molecular formula is C19H22N2O5. The molecule has 1 aromatic carbocycles. The molecule has 1 aliphatic carbocycles. The van der Waals surface area contributed by atoms with Gasteiger partial charge in [-0.25, -0.2) is 0 Å². The van der Waals surface area contributed by atoms with Crippen LogP contribution >= 0.6 is 0 Å². The number of hydrogen-bond acceptors (Lipinski definition) is 5. The summed E-state index contributed by atoms with van der Waals surface area (Å²) in [5.74, 6) is -0.283. The Kier molecular flexibility index (Phi) is 5.55. The van der Waals surface area contributed by atoms with E-state index in [9.17, 15) is 14.4 Å². The normalized spacial score (nSPS) is 21.5. The number of ether oxygens (including phenoxy) is 2. The van der Waals surface area contributed by atoms with Gasteiger partial charge in [-0.2, -0.15) is 0 Å². The molecule has 7 nitrogen and oxygen atoms in total. The summed E-state index contributed by atoms with van der Waals surface area (Å²) >= 11 is 0. The SMILES string of the molecule is COc1ccccc1OCCNC(=O)CN1C(=O)[C@H]2CC=CC[C@H]2C1=O. The van der Waals surface area contributed by atoms with Gasteiger partial charge in [0, 0.05) is 0 Å². The summed E-state index contributed by atoms with van der Waals surface area (Å²) in [5.41, 5.74) is 0. The summed E-state index contributed by atoms with van der Waals surface area (Å²) in [6, 6.07) is 7.23. The first-order valence-corrected chi connectivity index (χ1v) is 8.64. The third kappa shape index (κ3) is 3.71. The minimum atomic E-state index is -0.373. The Balaban J connectivity index is 1.45. The molecule has 0 unspecified atom stereocenters. The fraction of sp³-hybridized carbons (Fsp3) is 0.421. The molecular weight excluding hydrogens is 336 g/mol. The third-order valence-electron chi connectivity index (χ3n) is 4.65. The molecule has 0 radical (unpaired) electrons. The molecule has 1 saturated heterocycles. The van der Waals surface area contributed by atoms with Crippen LogP contribution in [0.3, 0.4) is 0 Å². The maximum absolute atomic E-state index is 12.3. The van der Waals surface area contributed by atoms with Crippen LogP contribution in [0.1, 0.15) is 12.8 Å². The van der Waals surface area contributed by atoms with Gasteiger partial charge in [0.1, 0.15) is 13.2 Å². The van der Waals surface area contributed by atoms with E-state index in [1.807, 2.05) is 24.3 Å². The number of amides is 3. The molecule has 138 valence electrons. The number of fused-ring (bicyclic) bond motifs is 1. The topological polar surface area (TPSA) is 84.9 Å². The molecule has 7 heteroatoms.